The van der Waals surface area contributed by atoms with Crippen LogP contribution in [0.1, 0.15) is 24.3 Å². The maximum atomic E-state index is 14.3. The molecule has 0 radical (unpaired) electrons. The van der Waals surface area contributed by atoms with Crippen molar-refractivity contribution in [1.29, 1.82) is 5.26 Å². The van der Waals surface area contributed by atoms with Gasteiger partial charge in [-0.1, -0.05) is 30.3 Å². The standard InChI is InChI=1S/C17H15BrFN3O/c18-13-7-15(14(19)6-11(13)9-20)22-17(16(21)23)8-12(17)10-4-2-1-3-5-10/h1-5,7,12,14,22H,6,8H2,(H2,21,23)/t12-,14?,17+/m1/s1. The number of hydrogen-bond donors (Lipinski definition) is 2. The van der Waals surface area contributed by atoms with Gasteiger partial charge in [-0.05, 0) is 34.0 Å². The SMILES string of the molecule is N#CC1=C(Br)C=C(N[C@@]2(C(N)=O)C[C@@H]2c2ccccc2)C(F)C1. The van der Waals surface area contributed by atoms with E-state index in [0.29, 0.717) is 16.5 Å². The van der Waals surface area contributed by atoms with Gasteiger partial charge in [-0.25, -0.2) is 4.39 Å². The Labute approximate surface area is 142 Å². The van der Waals surface area contributed by atoms with Gasteiger partial charge < -0.3 is 11.1 Å². The topological polar surface area (TPSA) is 78.9 Å². The smallest absolute Gasteiger partial charge is 0.243 e. The molecule has 0 bridgehead atoms. The number of allylic oxidation sites excluding steroid dienone is 4. The van der Waals surface area contributed by atoms with E-state index >= 15 is 0 Å². The minimum Gasteiger partial charge on any atom is -0.372 e. The number of nitrogens with one attached hydrogen (secondary N) is 1. The van der Waals surface area contributed by atoms with Crippen LogP contribution in [0.3, 0.4) is 0 Å². The van der Waals surface area contributed by atoms with Gasteiger partial charge in [-0.15, -0.1) is 0 Å². The summed E-state index contributed by atoms with van der Waals surface area (Å²) in [5.74, 6) is -0.569. The number of halogens is 2. The van der Waals surface area contributed by atoms with Gasteiger partial charge in [-0.2, -0.15) is 5.26 Å². The number of carbonyl (C=O) groups is 1. The highest BCUT2D eigenvalue weighted by Crippen LogP contribution is 2.52. The molecule has 3 rings (SSSR count). The summed E-state index contributed by atoms with van der Waals surface area (Å²) in [6.45, 7) is 0. The molecule has 0 saturated heterocycles. The summed E-state index contributed by atoms with van der Waals surface area (Å²) in [5.41, 5.74) is 6.26. The molecule has 6 heteroatoms. The Kier molecular flexibility index (Phi) is 3.99. The zero-order valence-corrected chi connectivity index (χ0v) is 13.8. The van der Waals surface area contributed by atoms with Gasteiger partial charge in [0.25, 0.3) is 0 Å². The molecule has 0 aliphatic heterocycles. The first kappa shape index (κ1) is 15.8. The van der Waals surface area contributed by atoms with Gasteiger partial charge in [0.05, 0.1) is 6.07 Å². The third-order valence-electron chi connectivity index (χ3n) is 4.40. The Morgan fingerprint density at radius 3 is 2.74 bits per heavy atom. The van der Waals surface area contributed by atoms with Crippen LogP contribution in [0.2, 0.25) is 0 Å². The van der Waals surface area contributed by atoms with E-state index in [2.05, 4.69) is 21.2 Å². The van der Waals surface area contributed by atoms with E-state index < -0.39 is 17.6 Å². The normalized spacial score (nSPS) is 29.5. The molecule has 1 aromatic carbocycles. The van der Waals surface area contributed by atoms with Gasteiger partial charge >= 0.3 is 0 Å². The molecule has 23 heavy (non-hydrogen) atoms. The summed E-state index contributed by atoms with van der Waals surface area (Å²) in [5, 5.41) is 12.0. The highest BCUT2D eigenvalue weighted by atomic mass is 79.9. The molecule has 1 saturated carbocycles. The Balaban J connectivity index is 1.87. The molecule has 0 spiro atoms. The fourth-order valence-corrected chi connectivity index (χ4v) is 3.49. The lowest BCUT2D eigenvalue weighted by molar-refractivity contribution is -0.121. The number of hydrogen-bond acceptors (Lipinski definition) is 3. The molecule has 3 N–H and O–H groups in total. The van der Waals surface area contributed by atoms with Gasteiger partial charge in [0.2, 0.25) is 5.91 Å². The number of nitrogens with zero attached hydrogens (tertiary/aromatic N) is 1. The minimum atomic E-state index is -1.35. The van der Waals surface area contributed by atoms with Crippen molar-refractivity contribution in [3.63, 3.8) is 0 Å². The van der Waals surface area contributed by atoms with Crippen LogP contribution in [0.25, 0.3) is 0 Å². The monoisotopic (exact) mass is 375 g/mol. The highest BCUT2D eigenvalue weighted by molar-refractivity contribution is 9.11. The molecular formula is C17H15BrFN3O. The number of alkyl halides is 1. The second-order valence-electron chi connectivity index (χ2n) is 5.84. The summed E-state index contributed by atoms with van der Waals surface area (Å²) in [7, 11) is 0. The van der Waals surface area contributed by atoms with E-state index in [1.165, 1.54) is 6.08 Å². The van der Waals surface area contributed by atoms with Crippen LogP contribution in [-0.2, 0) is 4.79 Å². The third-order valence-corrected chi connectivity index (χ3v) is 5.10. The predicted octanol–water partition coefficient (Wildman–Crippen LogP) is 2.79. The second-order valence-corrected chi connectivity index (χ2v) is 6.69. The van der Waals surface area contributed by atoms with E-state index in [1.807, 2.05) is 36.4 Å². The van der Waals surface area contributed by atoms with Crippen molar-refractivity contribution in [2.45, 2.75) is 30.5 Å². The zero-order valence-electron chi connectivity index (χ0n) is 12.2. The van der Waals surface area contributed by atoms with Crippen molar-refractivity contribution in [3.8, 4) is 6.07 Å². The van der Waals surface area contributed by atoms with E-state index in [9.17, 15) is 9.18 Å². The molecule has 118 valence electrons. The van der Waals surface area contributed by atoms with Crippen LogP contribution in [0.4, 0.5) is 4.39 Å². The van der Waals surface area contributed by atoms with Crippen molar-refractivity contribution < 1.29 is 9.18 Å². The molecule has 1 amide bonds. The average molecular weight is 376 g/mol. The van der Waals surface area contributed by atoms with Crippen molar-refractivity contribution >= 4 is 21.8 Å². The number of nitriles is 1. The number of primary amides is 1. The first-order valence-electron chi connectivity index (χ1n) is 7.25. The molecule has 1 aromatic rings. The maximum Gasteiger partial charge on any atom is 0.243 e. The summed E-state index contributed by atoms with van der Waals surface area (Å²) in [4.78, 5) is 12.0. The highest BCUT2D eigenvalue weighted by Gasteiger charge is 2.60. The summed E-state index contributed by atoms with van der Waals surface area (Å²) in [6.07, 6.45) is 0.695. The van der Waals surface area contributed by atoms with Crippen LogP contribution < -0.4 is 11.1 Å². The summed E-state index contributed by atoms with van der Waals surface area (Å²) >= 11 is 3.27. The third kappa shape index (κ3) is 2.77. The van der Waals surface area contributed by atoms with Crippen LogP contribution in [0, 0.1) is 11.3 Å². The maximum absolute atomic E-state index is 14.3. The van der Waals surface area contributed by atoms with Crippen molar-refractivity contribution in [3.05, 3.63) is 57.7 Å². The lowest BCUT2D eigenvalue weighted by Crippen LogP contribution is -2.46. The summed E-state index contributed by atoms with van der Waals surface area (Å²) in [6, 6.07) is 11.5. The average Bonchev–Trinajstić information content (AvgIpc) is 3.27. The van der Waals surface area contributed by atoms with Crippen molar-refractivity contribution in [2.75, 3.05) is 0 Å². The Hall–Kier alpha value is -2.13. The van der Waals surface area contributed by atoms with Crippen molar-refractivity contribution in [2.24, 2.45) is 5.73 Å². The van der Waals surface area contributed by atoms with E-state index in [4.69, 9.17) is 11.0 Å². The summed E-state index contributed by atoms with van der Waals surface area (Å²) < 4.78 is 14.9. The van der Waals surface area contributed by atoms with Crippen LogP contribution in [-0.4, -0.2) is 17.6 Å². The first-order chi connectivity index (χ1) is 11.0. The Morgan fingerprint density at radius 2 is 2.13 bits per heavy atom. The molecule has 4 nitrogen and oxygen atoms in total. The molecule has 0 aromatic heterocycles. The number of amides is 1. The Bertz CT molecular complexity index is 753. The van der Waals surface area contributed by atoms with E-state index in [-0.39, 0.29) is 18.0 Å². The lowest BCUT2D eigenvalue weighted by atomic mass is 9.99. The molecule has 1 fully saturated rings. The number of carbonyl (C=O) groups excluding carboxylic acids is 1. The van der Waals surface area contributed by atoms with Crippen LogP contribution in [0.5, 0.6) is 0 Å². The molecule has 0 heterocycles. The van der Waals surface area contributed by atoms with Gasteiger partial charge in [0.15, 0.2) is 0 Å². The van der Waals surface area contributed by atoms with Gasteiger partial charge in [0, 0.05) is 28.1 Å². The first-order valence-corrected chi connectivity index (χ1v) is 8.04. The quantitative estimate of drug-likeness (QED) is 0.848. The molecular weight excluding hydrogens is 361 g/mol. The largest absolute Gasteiger partial charge is 0.372 e. The molecule has 2 aliphatic carbocycles. The molecule has 1 unspecified atom stereocenters. The van der Waals surface area contributed by atoms with E-state index in [0.717, 1.165) is 5.56 Å². The van der Waals surface area contributed by atoms with Gasteiger partial charge in [-0.3, -0.25) is 4.79 Å². The van der Waals surface area contributed by atoms with Crippen LogP contribution in [0.15, 0.2) is 52.2 Å². The number of nitrogens with two attached hydrogens (primary N) is 1. The fourth-order valence-electron chi connectivity index (χ4n) is 2.99. The van der Waals surface area contributed by atoms with Gasteiger partial charge in [0.1, 0.15) is 11.7 Å². The minimum absolute atomic E-state index is 0.0131. The van der Waals surface area contributed by atoms with Crippen LogP contribution >= 0.6 is 15.9 Å². The zero-order chi connectivity index (χ0) is 16.6. The number of benzene rings is 1. The predicted molar refractivity (Wildman–Crippen MR) is 88.0 cm³/mol. The fraction of sp³-hybridized carbons (Fsp3) is 0.294. The molecule has 3 atom stereocenters. The Morgan fingerprint density at radius 1 is 1.43 bits per heavy atom. The number of rotatable bonds is 4. The second kappa shape index (κ2) is 5.82. The van der Waals surface area contributed by atoms with Crippen molar-refractivity contribution in [1.82, 2.24) is 5.32 Å². The van der Waals surface area contributed by atoms with E-state index in [1.54, 1.807) is 0 Å². The molecule has 2 aliphatic rings. The lowest BCUT2D eigenvalue weighted by Gasteiger charge is -2.25.